The summed E-state index contributed by atoms with van der Waals surface area (Å²) in [5.74, 6) is 0.106. The van der Waals surface area contributed by atoms with Crippen LogP contribution < -0.4 is 15.8 Å². The summed E-state index contributed by atoms with van der Waals surface area (Å²) < 4.78 is 28.2. The summed E-state index contributed by atoms with van der Waals surface area (Å²) in [6.07, 6.45) is 2.44. The summed E-state index contributed by atoms with van der Waals surface area (Å²) in [6.45, 7) is -2.45. The Morgan fingerprint density at radius 2 is 2.05 bits per heavy atom. The van der Waals surface area contributed by atoms with E-state index < -0.39 is 6.61 Å². The van der Waals surface area contributed by atoms with Crippen LogP contribution in [0.4, 0.5) is 8.78 Å². The largest absolute Gasteiger partial charge is 0.435 e. The van der Waals surface area contributed by atoms with E-state index in [1.54, 1.807) is 12.1 Å². The Balaban J connectivity index is 1.80. The van der Waals surface area contributed by atoms with Gasteiger partial charge in [0.2, 0.25) is 5.91 Å². The topological polar surface area (TPSA) is 64.4 Å². The molecule has 1 aliphatic carbocycles. The molecule has 0 heterocycles. The second kappa shape index (κ2) is 6.65. The van der Waals surface area contributed by atoms with Crippen molar-refractivity contribution in [2.75, 3.05) is 0 Å². The molecular formula is C14H18F2N2O2. The van der Waals surface area contributed by atoms with E-state index in [0.717, 1.165) is 24.8 Å². The fraction of sp³-hybridized carbons (Fsp3) is 0.500. The molecule has 20 heavy (non-hydrogen) atoms. The molecule has 2 atom stereocenters. The van der Waals surface area contributed by atoms with Crippen molar-refractivity contribution in [1.82, 2.24) is 5.32 Å². The average molecular weight is 284 g/mol. The Kier molecular flexibility index (Phi) is 4.89. The molecule has 1 aliphatic rings. The van der Waals surface area contributed by atoms with E-state index in [9.17, 15) is 13.6 Å². The minimum Gasteiger partial charge on any atom is -0.435 e. The average Bonchev–Trinajstić information content (AvgIpc) is 2.84. The molecule has 1 aromatic carbocycles. The van der Waals surface area contributed by atoms with Crippen molar-refractivity contribution in [2.24, 2.45) is 11.7 Å². The smallest absolute Gasteiger partial charge is 0.387 e. The summed E-state index contributed by atoms with van der Waals surface area (Å²) in [5, 5.41) is 2.84. The maximum absolute atomic E-state index is 12.0. The number of ether oxygens (including phenoxy) is 1. The van der Waals surface area contributed by atoms with E-state index in [2.05, 4.69) is 10.1 Å². The number of hydrogen-bond donors (Lipinski definition) is 2. The quantitative estimate of drug-likeness (QED) is 0.869. The highest BCUT2D eigenvalue weighted by Gasteiger charge is 2.27. The van der Waals surface area contributed by atoms with Gasteiger partial charge in [-0.05, 0) is 37.0 Å². The molecule has 0 spiro atoms. The van der Waals surface area contributed by atoms with Crippen LogP contribution >= 0.6 is 0 Å². The van der Waals surface area contributed by atoms with E-state index >= 15 is 0 Å². The van der Waals surface area contributed by atoms with Crippen molar-refractivity contribution in [2.45, 2.75) is 38.5 Å². The number of benzene rings is 1. The molecule has 0 aliphatic heterocycles. The zero-order valence-electron chi connectivity index (χ0n) is 11.0. The molecule has 0 radical (unpaired) electrons. The fourth-order valence-corrected chi connectivity index (χ4v) is 2.38. The number of hydrogen-bond acceptors (Lipinski definition) is 3. The minimum absolute atomic E-state index is 0.00542. The van der Waals surface area contributed by atoms with Gasteiger partial charge in [-0.2, -0.15) is 8.78 Å². The van der Waals surface area contributed by atoms with Crippen molar-refractivity contribution in [3.63, 3.8) is 0 Å². The highest BCUT2D eigenvalue weighted by Crippen LogP contribution is 2.24. The van der Waals surface area contributed by atoms with Gasteiger partial charge in [-0.3, -0.25) is 4.79 Å². The molecule has 0 saturated heterocycles. The predicted molar refractivity (Wildman–Crippen MR) is 70.2 cm³/mol. The van der Waals surface area contributed by atoms with Crippen LogP contribution in [0.1, 0.15) is 24.8 Å². The summed E-state index contributed by atoms with van der Waals surface area (Å²) in [4.78, 5) is 11.9. The molecule has 3 N–H and O–H groups in total. The highest BCUT2D eigenvalue weighted by atomic mass is 19.3. The lowest BCUT2D eigenvalue weighted by molar-refractivity contribution is -0.125. The van der Waals surface area contributed by atoms with Crippen LogP contribution in [0.2, 0.25) is 0 Å². The molecule has 1 fully saturated rings. The molecule has 1 saturated carbocycles. The molecule has 0 bridgehead atoms. The van der Waals surface area contributed by atoms with Gasteiger partial charge in [0.15, 0.2) is 0 Å². The van der Waals surface area contributed by atoms with Gasteiger partial charge in [0.25, 0.3) is 0 Å². The van der Waals surface area contributed by atoms with E-state index in [4.69, 9.17) is 5.73 Å². The number of carbonyl (C=O) groups is 1. The van der Waals surface area contributed by atoms with Crippen molar-refractivity contribution < 1.29 is 18.3 Å². The minimum atomic E-state index is -2.83. The number of alkyl halides is 2. The molecular weight excluding hydrogens is 266 g/mol. The van der Waals surface area contributed by atoms with Gasteiger partial charge in [-0.15, -0.1) is 0 Å². The Hall–Kier alpha value is -1.69. The Labute approximate surface area is 116 Å². The van der Waals surface area contributed by atoms with Crippen LogP contribution in [-0.4, -0.2) is 18.6 Å². The first kappa shape index (κ1) is 14.7. The molecule has 4 nitrogen and oxygen atoms in total. The zero-order valence-corrected chi connectivity index (χ0v) is 11.0. The maximum Gasteiger partial charge on any atom is 0.387 e. The molecule has 1 amide bonds. The fourth-order valence-electron chi connectivity index (χ4n) is 2.38. The first-order chi connectivity index (χ1) is 9.54. The maximum atomic E-state index is 12.0. The zero-order chi connectivity index (χ0) is 14.5. The molecule has 0 aromatic heterocycles. The van der Waals surface area contributed by atoms with E-state index in [1.807, 2.05) is 0 Å². The number of halogens is 2. The molecule has 1 aromatic rings. The number of nitrogens with one attached hydrogen (secondary N) is 1. The standard InChI is InChI=1S/C14H18F2N2O2/c15-14(16)20-12-5-1-9(2-6-12)8-18-13(19)10-3-4-11(17)7-10/h1-2,5-6,10-11,14H,3-4,7-8,17H2,(H,18,19). The van der Waals surface area contributed by atoms with Crippen LogP contribution in [0, 0.1) is 5.92 Å². The van der Waals surface area contributed by atoms with Crippen molar-refractivity contribution in [3.8, 4) is 5.75 Å². The number of carbonyl (C=O) groups excluding carboxylic acids is 1. The number of rotatable bonds is 5. The van der Waals surface area contributed by atoms with Crippen LogP contribution in [0.5, 0.6) is 5.75 Å². The second-order valence-corrected chi connectivity index (χ2v) is 5.01. The monoisotopic (exact) mass is 284 g/mol. The summed E-state index contributed by atoms with van der Waals surface area (Å²) in [6, 6.07) is 6.34. The Morgan fingerprint density at radius 1 is 1.35 bits per heavy atom. The van der Waals surface area contributed by atoms with Gasteiger partial charge in [-0.25, -0.2) is 0 Å². The van der Waals surface area contributed by atoms with Crippen LogP contribution in [-0.2, 0) is 11.3 Å². The summed E-state index contributed by atoms with van der Waals surface area (Å²) >= 11 is 0. The lowest BCUT2D eigenvalue weighted by Gasteiger charge is -2.11. The van der Waals surface area contributed by atoms with Crippen molar-refractivity contribution in [3.05, 3.63) is 29.8 Å². The molecule has 2 rings (SSSR count). The number of amides is 1. The molecule has 2 unspecified atom stereocenters. The van der Waals surface area contributed by atoms with Gasteiger partial charge in [0.05, 0.1) is 0 Å². The van der Waals surface area contributed by atoms with E-state index in [1.165, 1.54) is 12.1 Å². The number of nitrogens with two attached hydrogens (primary N) is 1. The first-order valence-corrected chi connectivity index (χ1v) is 6.61. The van der Waals surface area contributed by atoms with Gasteiger partial charge in [-0.1, -0.05) is 12.1 Å². The van der Waals surface area contributed by atoms with Gasteiger partial charge >= 0.3 is 6.61 Å². The van der Waals surface area contributed by atoms with Crippen LogP contribution in [0.3, 0.4) is 0 Å². The van der Waals surface area contributed by atoms with Crippen molar-refractivity contribution in [1.29, 1.82) is 0 Å². The third-order valence-corrected chi connectivity index (χ3v) is 3.46. The normalized spacial score (nSPS) is 22.0. The van der Waals surface area contributed by atoms with Gasteiger partial charge in [0.1, 0.15) is 5.75 Å². The third kappa shape index (κ3) is 4.16. The van der Waals surface area contributed by atoms with Gasteiger partial charge in [0, 0.05) is 18.5 Å². The van der Waals surface area contributed by atoms with Crippen molar-refractivity contribution >= 4 is 5.91 Å². The predicted octanol–water partition coefficient (Wildman–Crippen LogP) is 2.03. The molecule has 110 valence electrons. The summed E-state index contributed by atoms with van der Waals surface area (Å²) in [7, 11) is 0. The lowest BCUT2D eigenvalue weighted by Crippen LogP contribution is -2.29. The first-order valence-electron chi connectivity index (χ1n) is 6.61. The SMILES string of the molecule is NC1CCC(C(=O)NCc2ccc(OC(F)F)cc2)C1. The van der Waals surface area contributed by atoms with Crippen LogP contribution in [0.15, 0.2) is 24.3 Å². The Morgan fingerprint density at radius 3 is 2.60 bits per heavy atom. The van der Waals surface area contributed by atoms with E-state index in [0.29, 0.717) is 6.54 Å². The Bertz CT molecular complexity index is 451. The third-order valence-electron chi connectivity index (χ3n) is 3.46. The molecule has 6 heteroatoms. The second-order valence-electron chi connectivity index (χ2n) is 5.01. The van der Waals surface area contributed by atoms with Crippen LogP contribution in [0.25, 0.3) is 0 Å². The van der Waals surface area contributed by atoms with Gasteiger partial charge < -0.3 is 15.8 Å². The summed E-state index contributed by atoms with van der Waals surface area (Å²) in [5.41, 5.74) is 6.61. The van der Waals surface area contributed by atoms with E-state index in [-0.39, 0.29) is 23.6 Å². The highest BCUT2D eigenvalue weighted by molar-refractivity contribution is 5.79. The lowest BCUT2D eigenvalue weighted by atomic mass is 10.1.